The molecule has 0 amide bonds. The quantitative estimate of drug-likeness (QED) is 0.699. The summed E-state index contributed by atoms with van der Waals surface area (Å²) in [5, 5.41) is 3.36. The summed E-state index contributed by atoms with van der Waals surface area (Å²) in [7, 11) is 2.12. The van der Waals surface area contributed by atoms with E-state index in [-0.39, 0.29) is 0 Å². The minimum absolute atomic E-state index is 0.588. The van der Waals surface area contributed by atoms with Gasteiger partial charge in [0.15, 0.2) is 0 Å². The third kappa shape index (κ3) is 1.56. The van der Waals surface area contributed by atoms with E-state index in [0.29, 0.717) is 6.04 Å². The minimum Gasteiger partial charge on any atom is -0.365 e. The van der Waals surface area contributed by atoms with Crippen LogP contribution in [0.4, 0.5) is 5.82 Å². The zero-order valence-electron chi connectivity index (χ0n) is 7.20. The second-order valence-electron chi connectivity index (χ2n) is 3.28. The molecule has 0 saturated carbocycles. The Balaban J connectivity index is 1.88. The number of nitrogens with one attached hydrogen (secondary N) is 1. The van der Waals surface area contributed by atoms with Gasteiger partial charge in [-0.15, -0.1) is 0 Å². The van der Waals surface area contributed by atoms with Gasteiger partial charge in [0, 0.05) is 19.3 Å². The fourth-order valence-corrected chi connectivity index (χ4v) is 1.45. The first-order valence-corrected chi connectivity index (χ1v) is 4.21. The zero-order valence-corrected chi connectivity index (χ0v) is 7.20. The van der Waals surface area contributed by atoms with Gasteiger partial charge in [-0.3, -0.25) is 0 Å². The van der Waals surface area contributed by atoms with E-state index in [1.54, 1.807) is 0 Å². The van der Waals surface area contributed by atoms with Crippen LogP contribution in [-0.2, 0) is 0 Å². The Morgan fingerprint density at radius 1 is 1.50 bits per heavy atom. The number of rotatable bonds is 2. The smallest absolute Gasteiger partial charge is 0.126 e. The summed E-state index contributed by atoms with van der Waals surface area (Å²) in [6, 6.07) is 6.51. The van der Waals surface area contributed by atoms with Gasteiger partial charge >= 0.3 is 0 Å². The van der Waals surface area contributed by atoms with Crippen LogP contribution in [0.15, 0.2) is 24.4 Å². The highest BCUT2D eigenvalue weighted by Crippen LogP contribution is 2.10. The van der Waals surface area contributed by atoms with E-state index < -0.39 is 0 Å². The van der Waals surface area contributed by atoms with Crippen LogP contribution in [0.25, 0.3) is 0 Å². The number of aromatic nitrogens is 1. The van der Waals surface area contributed by atoms with Crippen LogP contribution in [0.5, 0.6) is 0 Å². The molecule has 0 atom stereocenters. The van der Waals surface area contributed by atoms with Crippen molar-refractivity contribution in [2.45, 2.75) is 6.04 Å². The molecule has 1 N–H and O–H groups in total. The summed E-state index contributed by atoms with van der Waals surface area (Å²) >= 11 is 0. The predicted octanol–water partition coefficient (Wildman–Crippen LogP) is 0.807. The summed E-state index contributed by atoms with van der Waals surface area (Å²) in [6.45, 7) is 2.24. The minimum atomic E-state index is 0.588. The molecule has 0 aliphatic carbocycles. The monoisotopic (exact) mass is 163 g/mol. The van der Waals surface area contributed by atoms with Crippen LogP contribution in [0.3, 0.4) is 0 Å². The maximum atomic E-state index is 4.20. The number of nitrogens with zero attached hydrogens (tertiary/aromatic N) is 2. The molecule has 2 heterocycles. The molecule has 0 unspecified atom stereocenters. The molecular weight excluding hydrogens is 150 g/mol. The topological polar surface area (TPSA) is 28.2 Å². The molecule has 0 bridgehead atoms. The highest BCUT2D eigenvalue weighted by atomic mass is 15.2. The maximum Gasteiger partial charge on any atom is 0.126 e. The van der Waals surface area contributed by atoms with Gasteiger partial charge in [-0.05, 0) is 19.2 Å². The lowest BCUT2D eigenvalue weighted by Gasteiger charge is -2.36. The number of anilines is 1. The first-order valence-electron chi connectivity index (χ1n) is 4.21. The van der Waals surface area contributed by atoms with Gasteiger partial charge in [0.05, 0.1) is 6.04 Å². The van der Waals surface area contributed by atoms with E-state index in [1.165, 1.54) is 0 Å². The molecule has 1 aliphatic rings. The fourth-order valence-electron chi connectivity index (χ4n) is 1.45. The van der Waals surface area contributed by atoms with Crippen molar-refractivity contribution >= 4 is 5.82 Å². The van der Waals surface area contributed by atoms with Gasteiger partial charge in [0.25, 0.3) is 0 Å². The normalized spacial score (nSPS) is 18.8. The zero-order chi connectivity index (χ0) is 8.39. The van der Waals surface area contributed by atoms with Crippen LogP contribution in [0, 0.1) is 0 Å². The Bertz CT molecular complexity index is 241. The number of hydrogen-bond donors (Lipinski definition) is 1. The third-order valence-corrected chi connectivity index (χ3v) is 2.08. The molecule has 3 nitrogen and oxygen atoms in total. The summed E-state index contributed by atoms with van der Waals surface area (Å²) in [5.41, 5.74) is 0. The molecule has 12 heavy (non-hydrogen) atoms. The van der Waals surface area contributed by atoms with Crippen molar-refractivity contribution in [1.29, 1.82) is 0 Å². The second-order valence-corrected chi connectivity index (χ2v) is 3.28. The van der Waals surface area contributed by atoms with Crippen LogP contribution >= 0.6 is 0 Å². The standard InChI is InChI=1S/C9H13N3/c1-12-6-8(7-12)11-9-4-2-3-5-10-9/h2-5,8H,6-7H2,1H3,(H,10,11). The summed E-state index contributed by atoms with van der Waals surface area (Å²) in [4.78, 5) is 6.47. The molecule has 3 heteroatoms. The van der Waals surface area contributed by atoms with Crippen molar-refractivity contribution in [2.24, 2.45) is 0 Å². The molecule has 64 valence electrons. The molecular formula is C9H13N3. The number of likely N-dealkylation sites (tertiary alicyclic amines) is 1. The van der Waals surface area contributed by atoms with Gasteiger partial charge in [-0.25, -0.2) is 4.98 Å². The van der Waals surface area contributed by atoms with Crippen LogP contribution in [-0.4, -0.2) is 36.1 Å². The van der Waals surface area contributed by atoms with Crippen molar-refractivity contribution in [3.05, 3.63) is 24.4 Å². The Kier molecular flexibility index (Phi) is 1.96. The van der Waals surface area contributed by atoms with Crippen molar-refractivity contribution in [3.8, 4) is 0 Å². The van der Waals surface area contributed by atoms with E-state index in [0.717, 1.165) is 18.9 Å². The Morgan fingerprint density at radius 3 is 2.92 bits per heavy atom. The SMILES string of the molecule is CN1CC(Nc2ccccn2)C1. The van der Waals surface area contributed by atoms with Gasteiger partial charge in [0.1, 0.15) is 5.82 Å². The molecule has 2 rings (SSSR count). The first kappa shape index (κ1) is 7.55. The predicted molar refractivity (Wildman–Crippen MR) is 49.1 cm³/mol. The average Bonchev–Trinajstić information content (AvgIpc) is 2.04. The van der Waals surface area contributed by atoms with Crippen LogP contribution in [0.2, 0.25) is 0 Å². The Morgan fingerprint density at radius 2 is 2.33 bits per heavy atom. The largest absolute Gasteiger partial charge is 0.365 e. The molecule has 0 aromatic carbocycles. The number of hydrogen-bond acceptors (Lipinski definition) is 3. The van der Waals surface area contributed by atoms with Gasteiger partial charge in [-0.2, -0.15) is 0 Å². The first-order chi connectivity index (χ1) is 5.84. The average molecular weight is 163 g/mol. The van der Waals surface area contributed by atoms with E-state index >= 15 is 0 Å². The Labute approximate surface area is 72.4 Å². The lowest BCUT2D eigenvalue weighted by Crippen LogP contribution is -2.52. The summed E-state index contributed by atoms with van der Waals surface area (Å²) in [6.07, 6.45) is 1.81. The van der Waals surface area contributed by atoms with Gasteiger partial charge in [-0.1, -0.05) is 6.07 Å². The molecule has 1 aromatic heterocycles. The van der Waals surface area contributed by atoms with Gasteiger partial charge in [0.2, 0.25) is 0 Å². The highest BCUT2D eigenvalue weighted by Gasteiger charge is 2.22. The molecule has 0 spiro atoms. The molecule has 1 fully saturated rings. The summed E-state index contributed by atoms with van der Waals surface area (Å²) < 4.78 is 0. The molecule has 0 radical (unpaired) electrons. The van der Waals surface area contributed by atoms with Crippen molar-refractivity contribution in [1.82, 2.24) is 9.88 Å². The lowest BCUT2D eigenvalue weighted by atomic mass is 10.1. The molecule has 1 saturated heterocycles. The van der Waals surface area contributed by atoms with E-state index in [2.05, 4.69) is 22.2 Å². The van der Waals surface area contributed by atoms with E-state index in [1.807, 2.05) is 24.4 Å². The third-order valence-electron chi connectivity index (χ3n) is 2.08. The van der Waals surface area contributed by atoms with Crippen LogP contribution in [0.1, 0.15) is 0 Å². The Hall–Kier alpha value is -1.09. The van der Waals surface area contributed by atoms with E-state index in [9.17, 15) is 0 Å². The number of pyridine rings is 1. The van der Waals surface area contributed by atoms with Crippen molar-refractivity contribution in [3.63, 3.8) is 0 Å². The maximum absolute atomic E-state index is 4.20. The second kappa shape index (κ2) is 3.11. The molecule has 1 aromatic rings. The number of likely N-dealkylation sites (N-methyl/N-ethyl adjacent to an activating group) is 1. The fraction of sp³-hybridized carbons (Fsp3) is 0.444. The highest BCUT2D eigenvalue weighted by molar-refractivity contribution is 5.35. The summed E-state index contributed by atoms with van der Waals surface area (Å²) in [5.74, 6) is 0.982. The van der Waals surface area contributed by atoms with Crippen LogP contribution < -0.4 is 5.32 Å². The lowest BCUT2D eigenvalue weighted by molar-refractivity contribution is 0.205. The van der Waals surface area contributed by atoms with Gasteiger partial charge < -0.3 is 10.2 Å². The van der Waals surface area contributed by atoms with E-state index in [4.69, 9.17) is 0 Å². The van der Waals surface area contributed by atoms with Crippen molar-refractivity contribution < 1.29 is 0 Å². The molecule has 1 aliphatic heterocycles. The van der Waals surface area contributed by atoms with Crippen molar-refractivity contribution in [2.75, 3.05) is 25.5 Å².